The molecule has 3 nitrogen and oxygen atoms in total. The van der Waals surface area contributed by atoms with E-state index in [4.69, 9.17) is 9.47 Å². The zero-order valence-electron chi connectivity index (χ0n) is 18.5. The molecule has 2 aliphatic rings. The Morgan fingerprint density at radius 2 is 1.03 bits per heavy atom. The minimum atomic E-state index is -0.0774. The Balaban J connectivity index is 0.000000301. The maximum atomic E-state index is 5.79. The van der Waals surface area contributed by atoms with Gasteiger partial charge in [-0.1, -0.05) is 82.8 Å². The highest BCUT2D eigenvalue weighted by molar-refractivity contribution is 9.10. The van der Waals surface area contributed by atoms with Gasteiger partial charge in [0, 0.05) is 23.2 Å². The Morgan fingerprint density at radius 1 is 0.656 bits per heavy atom. The predicted molar refractivity (Wildman–Crippen MR) is 145 cm³/mol. The average Bonchev–Trinajstić information content (AvgIpc) is 2.81. The summed E-state index contributed by atoms with van der Waals surface area (Å²) in [6, 6.07) is 17.0. The molecule has 1 heterocycles. The van der Waals surface area contributed by atoms with E-state index in [1.54, 1.807) is 0 Å². The number of hydrogen-bond donors (Lipinski definition) is 1. The average molecular weight is 592 g/mol. The fourth-order valence-electron chi connectivity index (χ4n) is 4.68. The highest BCUT2D eigenvalue weighted by atomic mass is 79.9. The van der Waals surface area contributed by atoms with Gasteiger partial charge in [-0.25, -0.2) is 0 Å². The summed E-state index contributed by atoms with van der Waals surface area (Å²) in [6.45, 7) is 2.06. The molecule has 6 heteroatoms. The zero-order chi connectivity index (χ0) is 21.5. The van der Waals surface area contributed by atoms with Crippen molar-refractivity contribution in [1.29, 1.82) is 0 Å². The van der Waals surface area contributed by atoms with Crippen molar-refractivity contribution in [2.75, 3.05) is 27.3 Å². The van der Waals surface area contributed by atoms with Gasteiger partial charge in [0.2, 0.25) is 0 Å². The van der Waals surface area contributed by atoms with E-state index in [-0.39, 0.29) is 31.0 Å². The molecule has 1 saturated carbocycles. The Kier molecular flexibility index (Phi) is 13.0. The number of nitrogens with one attached hydrogen (secondary N) is 1. The van der Waals surface area contributed by atoms with Crippen LogP contribution in [0.4, 0.5) is 0 Å². The molecule has 1 aliphatic carbocycles. The van der Waals surface area contributed by atoms with Crippen LogP contribution >= 0.6 is 44.3 Å². The van der Waals surface area contributed by atoms with Crippen molar-refractivity contribution < 1.29 is 9.47 Å². The van der Waals surface area contributed by atoms with E-state index >= 15 is 0 Å². The van der Waals surface area contributed by atoms with Gasteiger partial charge in [-0.2, -0.15) is 0 Å². The molecule has 1 N–H and O–H groups in total. The van der Waals surface area contributed by atoms with Crippen molar-refractivity contribution in [3.63, 3.8) is 0 Å². The van der Waals surface area contributed by atoms with Crippen LogP contribution in [-0.2, 0) is 20.7 Å². The lowest BCUT2D eigenvalue weighted by molar-refractivity contribution is -0.0445. The number of piperidine rings is 1. The minimum Gasteiger partial charge on any atom is -0.374 e. The molecule has 0 bridgehead atoms. The standard InChI is InChI=1S/C13H17BrO.C12H16BrNO.CH4.ClH/c1-15-13(9-3-2-4-10-13)11-5-7-12(14)8-6-11;1-15-12(6-8-14-9-7-12)10-2-4-11(13)5-3-10;;/h5-8H,2-4,9-10H2,1H3;2-5,14H,6-9H2,1H3;1H4;1H. The summed E-state index contributed by atoms with van der Waals surface area (Å²) in [5.41, 5.74) is 2.52. The Bertz CT molecular complexity index is 704. The quantitative estimate of drug-likeness (QED) is 0.391. The Labute approximate surface area is 217 Å². The first-order chi connectivity index (χ1) is 14.5. The van der Waals surface area contributed by atoms with Crippen LogP contribution in [0.5, 0.6) is 0 Å². The molecular formula is C26H38Br2ClNO2. The predicted octanol–water partition coefficient (Wildman–Crippen LogP) is 7.99. The number of rotatable bonds is 4. The topological polar surface area (TPSA) is 30.5 Å². The van der Waals surface area contributed by atoms with Crippen LogP contribution < -0.4 is 5.32 Å². The van der Waals surface area contributed by atoms with Crippen molar-refractivity contribution in [2.45, 2.75) is 63.6 Å². The molecule has 0 radical (unpaired) electrons. The lowest BCUT2D eigenvalue weighted by Gasteiger charge is -2.36. The minimum absolute atomic E-state index is 0. The summed E-state index contributed by atoms with van der Waals surface area (Å²) in [6.07, 6.45) is 8.32. The molecule has 2 fully saturated rings. The number of halogens is 3. The number of methoxy groups -OCH3 is 2. The second-order valence-corrected chi connectivity index (χ2v) is 10.1. The van der Waals surface area contributed by atoms with Gasteiger partial charge in [-0.3, -0.25) is 0 Å². The summed E-state index contributed by atoms with van der Waals surface area (Å²) in [4.78, 5) is 0. The normalized spacial score (nSPS) is 18.9. The summed E-state index contributed by atoms with van der Waals surface area (Å²) < 4.78 is 13.8. The highest BCUT2D eigenvalue weighted by Crippen LogP contribution is 2.40. The van der Waals surface area contributed by atoms with E-state index in [1.807, 2.05) is 14.2 Å². The molecular weight excluding hydrogens is 554 g/mol. The van der Waals surface area contributed by atoms with Crippen molar-refractivity contribution in [2.24, 2.45) is 0 Å². The molecule has 0 amide bonds. The van der Waals surface area contributed by atoms with Crippen molar-refractivity contribution in [3.05, 3.63) is 68.6 Å². The molecule has 1 aliphatic heterocycles. The summed E-state index contributed by atoms with van der Waals surface area (Å²) in [5.74, 6) is 0. The first-order valence-corrected chi connectivity index (χ1v) is 12.5. The molecule has 2 aromatic carbocycles. The largest absolute Gasteiger partial charge is 0.374 e. The number of ether oxygens (including phenoxy) is 2. The van der Waals surface area contributed by atoms with Gasteiger partial charge in [-0.15, -0.1) is 12.4 Å². The maximum absolute atomic E-state index is 5.79. The van der Waals surface area contributed by atoms with Gasteiger partial charge in [0.15, 0.2) is 0 Å². The van der Waals surface area contributed by atoms with E-state index in [0.29, 0.717) is 0 Å². The number of benzene rings is 2. The van der Waals surface area contributed by atoms with Gasteiger partial charge < -0.3 is 14.8 Å². The van der Waals surface area contributed by atoms with Crippen LogP contribution in [0.2, 0.25) is 0 Å². The van der Waals surface area contributed by atoms with Crippen LogP contribution in [-0.4, -0.2) is 27.3 Å². The fraction of sp³-hybridized carbons (Fsp3) is 0.538. The van der Waals surface area contributed by atoms with Gasteiger partial charge in [-0.05, 0) is 74.2 Å². The molecule has 180 valence electrons. The second kappa shape index (κ2) is 14.1. The van der Waals surface area contributed by atoms with Gasteiger partial charge in [0.05, 0.1) is 11.2 Å². The monoisotopic (exact) mass is 589 g/mol. The number of hydrogen-bond acceptors (Lipinski definition) is 3. The van der Waals surface area contributed by atoms with E-state index < -0.39 is 0 Å². The van der Waals surface area contributed by atoms with E-state index in [9.17, 15) is 0 Å². The molecule has 32 heavy (non-hydrogen) atoms. The fourth-order valence-corrected chi connectivity index (χ4v) is 5.21. The SMILES string of the molecule is C.COC1(c2ccc(Br)cc2)CCCCC1.COC1(c2ccc(Br)cc2)CCNCC1.Cl. The van der Waals surface area contributed by atoms with Crippen molar-refractivity contribution >= 4 is 44.3 Å². The zero-order valence-corrected chi connectivity index (χ0v) is 22.5. The summed E-state index contributed by atoms with van der Waals surface area (Å²) in [5, 5.41) is 3.37. The van der Waals surface area contributed by atoms with Crippen molar-refractivity contribution in [3.8, 4) is 0 Å². The smallest absolute Gasteiger partial charge is 0.0951 e. The first kappa shape index (κ1) is 29.6. The summed E-state index contributed by atoms with van der Waals surface area (Å²) in [7, 11) is 3.65. The van der Waals surface area contributed by atoms with E-state index in [0.717, 1.165) is 47.7 Å². The van der Waals surface area contributed by atoms with Crippen molar-refractivity contribution in [1.82, 2.24) is 5.32 Å². The van der Waals surface area contributed by atoms with Crippen LogP contribution in [0.1, 0.15) is 63.5 Å². The molecule has 2 aromatic rings. The van der Waals surface area contributed by atoms with Gasteiger partial charge >= 0.3 is 0 Å². The Morgan fingerprint density at radius 3 is 1.41 bits per heavy atom. The van der Waals surface area contributed by atoms with Crippen LogP contribution in [0, 0.1) is 0 Å². The molecule has 4 rings (SSSR count). The molecule has 0 unspecified atom stereocenters. The van der Waals surface area contributed by atoms with Gasteiger partial charge in [0.25, 0.3) is 0 Å². The van der Waals surface area contributed by atoms with E-state index in [2.05, 4.69) is 85.7 Å². The van der Waals surface area contributed by atoms with Crippen LogP contribution in [0.3, 0.4) is 0 Å². The van der Waals surface area contributed by atoms with E-state index in [1.165, 1.54) is 30.4 Å². The molecule has 0 spiro atoms. The third kappa shape index (κ3) is 7.28. The third-order valence-electron chi connectivity index (χ3n) is 6.59. The highest BCUT2D eigenvalue weighted by Gasteiger charge is 2.34. The molecule has 0 aromatic heterocycles. The molecule has 1 saturated heterocycles. The first-order valence-electron chi connectivity index (χ1n) is 10.9. The summed E-state index contributed by atoms with van der Waals surface area (Å²) >= 11 is 6.92. The Hall–Kier alpha value is -0.430. The molecule has 0 atom stereocenters. The third-order valence-corrected chi connectivity index (χ3v) is 7.65. The maximum Gasteiger partial charge on any atom is 0.0951 e. The lowest BCUT2D eigenvalue weighted by Crippen LogP contribution is -2.41. The lowest BCUT2D eigenvalue weighted by atomic mass is 9.79. The van der Waals surface area contributed by atoms with Crippen LogP contribution in [0.25, 0.3) is 0 Å². The van der Waals surface area contributed by atoms with Crippen LogP contribution in [0.15, 0.2) is 57.5 Å². The second-order valence-electron chi connectivity index (χ2n) is 8.22. The van der Waals surface area contributed by atoms with Gasteiger partial charge in [0.1, 0.15) is 0 Å².